The van der Waals surface area contributed by atoms with Crippen LogP contribution in [0.5, 0.6) is 0 Å². The fourth-order valence-corrected chi connectivity index (χ4v) is 1.94. The summed E-state index contributed by atoms with van der Waals surface area (Å²) >= 11 is 6.45. The lowest BCUT2D eigenvalue weighted by atomic mass is 9.89. The van der Waals surface area contributed by atoms with E-state index in [0.717, 1.165) is 28.8 Å². The SMILES string of the molecule is Cc1nc2ccccc2nc1CC(Cl)C(C)(C)C. The first-order valence-corrected chi connectivity index (χ1v) is 6.68. The summed E-state index contributed by atoms with van der Waals surface area (Å²) < 4.78 is 0. The van der Waals surface area contributed by atoms with Crippen LogP contribution in [0, 0.1) is 12.3 Å². The minimum atomic E-state index is 0.0617. The average molecular weight is 263 g/mol. The van der Waals surface area contributed by atoms with Gasteiger partial charge in [0.1, 0.15) is 0 Å². The third-order valence-electron chi connectivity index (χ3n) is 3.16. The third-order valence-corrected chi connectivity index (χ3v) is 3.96. The zero-order valence-corrected chi connectivity index (χ0v) is 12.1. The lowest BCUT2D eigenvalue weighted by molar-refractivity contribution is 0.384. The second-order valence-corrected chi connectivity index (χ2v) is 6.31. The molecule has 1 atom stereocenters. The van der Waals surface area contributed by atoms with Gasteiger partial charge in [0.15, 0.2) is 0 Å². The highest BCUT2D eigenvalue weighted by molar-refractivity contribution is 6.21. The van der Waals surface area contributed by atoms with Crippen LogP contribution >= 0.6 is 11.6 Å². The van der Waals surface area contributed by atoms with E-state index >= 15 is 0 Å². The van der Waals surface area contributed by atoms with Crippen molar-refractivity contribution in [3.63, 3.8) is 0 Å². The normalized spacial score (nSPS) is 13.8. The smallest absolute Gasteiger partial charge is 0.0890 e. The van der Waals surface area contributed by atoms with E-state index in [1.807, 2.05) is 31.2 Å². The van der Waals surface area contributed by atoms with Gasteiger partial charge in [0, 0.05) is 11.8 Å². The number of hydrogen-bond donors (Lipinski definition) is 0. The van der Waals surface area contributed by atoms with Crippen LogP contribution in [-0.4, -0.2) is 15.3 Å². The van der Waals surface area contributed by atoms with Crippen LogP contribution in [0.25, 0.3) is 11.0 Å². The maximum atomic E-state index is 6.45. The van der Waals surface area contributed by atoms with Crippen LogP contribution < -0.4 is 0 Å². The molecule has 18 heavy (non-hydrogen) atoms. The Labute approximate surface area is 113 Å². The zero-order chi connectivity index (χ0) is 13.3. The molecule has 0 aliphatic carbocycles. The summed E-state index contributed by atoms with van der Waals surface area (Å²) in [6.45, 7) is 8.44. The molecule has 0 aliphatic heterocycles. The first kappa shape index (κ1) is 13.3. The molecule has 0 saturated carbocycles. The highest BCUT2D eigenvalue weighted by atomic mass is 35.5. The molecule has 1 aromatic carbocycles. The van der Waals surface area contributed by atoms with Gasteiger partial charge in [0.25, 0.3) is 0 Å². The fourth-order valence-electron chi connectivity index (χ4n) is 1.79. The number of benzene rings is 1. The summed E-state index contributed by atoms with van der Waals surface area (Å²) in [5.41, 5.74) is 3.94. The Kier molecular flexibility index (Phi) is 3.58. The molecule has 0 fully saturated rings. The molecule has 1 unspecified atom stereocenters. The number of nitrogens with zero attached hydrogens (tertiary/aromatic N) is 2. The molecular formula is C15H19ClN2. The Hall–Kier alpha value is -1.15. The summed E-state index contributed by atoms with van der Waals surface area (Å²) in [6, 6.07) is 7.94. The fraction of sp³-hybridized carbons (Fsp3) is 0.467. The zero-order valence-electron chi connectivity index (χ0n) is 11.4. The van der Waals surface area contributed by atoms with Gasteiger partial charge in [-0.1, -0.05) is 32.9 Å². The van der Waals surface area contributed by atoms with Crippen molar-refractivity contribution in [1.29, 1.82) is 0 Å². The maximum Gasteiger partial charge on any atom is 0.0890 e. The second-order valence-electron chi connectivity index (χ2n) is 5.78. The summed E-state index contributed by atoms with van der Waals surface area (Å²) in [5.74, 6) is 0. The Bertz CT molecular complexity index is 558. The monoisotopic (exact) mass is 262 g/mol. The predicted molar refractivity (Wildman–Crippen MR) is 77.1 cm³/mol. The molecule has 0 amide bonds. The summed E-state index contributed by atoms with van der Waals surface area (Å²) in [7, 11) is 0. The standard InChI is InChI=1S/C15H19ClN2/c1-10-13(9-14(16)15(2,3)4)18-12-8-6-5-7-11(12)17-10/h5-8,14H,9H2,1-4H3. The van der Waals surface area contributed by atoms with Crippen LogP contribution in [0.4, 0.5) is 0 Å². The van der Waals surface area contributed by atoms with Gasteiger partial charge in [-0.15, -0.1) is 11.6 Å². The molecule has 0 spiro atoms. The Morgan fingerprint density at radius 3 is 2.22 bits per heavy atom. The van der Waals surface area contributed by atoms with Crippen molar-refractivity contribution in [2.75, 3.05) is 0 Å². The van der Waals surface area contributed by atoms with Crippen molar-refractivity contribution in [2.24, 2.45) is 5.41 Å². The van der Waals surface area contributed by atoms with Crippen molar-refractivity contribution < 1.29 is 0 Å². The van der Waals surface area contributed by atoms with Crippen molar-refractivity contribution in [2.45, 2.75) is 39.5 Å². The highest BCUT2D eigenvalue weighted by Gasteiger charge is 2.23. The minimum absolute atomic E-state index is 0.0617. The van der Waals surface area contributed by atoms with E-state index < -0.39 is 0 Å². The van der Waals surface area contributed by atoms with E-state index in [9.17, 15) is 0 Å². The van der Waals surface area contributed by atoms with Crippen LogP contribution in [0.2, 0.25) is 0 Å². The van der Waals surface area contributed by atoms with Gasteiger partial charge in [-0.3, -0.25) is 0 Å². The van der Waals surface area contributed by atoms with Gasteiger partial charge in [-0.05, 0) is 24.5 Å². The Morgan fingerprint density at radius 1 is 1.11 bits per heavy atom. The molecule has 0 bridgehead atoms. The minimum Gasteiger partial charge on any atom is -0.250 e. The van der Waals surface area contributed by atoms with Crippen molar-refractivity contribution in [3.05, 3.63) is 35.7 Å². The predicted octanol–water partition coefficient (Wildman–Crippen LogP) is 4.13. The van der Waals surface area contributed by atoms with Crippen molar-refractivity contribution in [1.82, 2.24) is 9.97 Å². The first-order chi connectivity index (χ1) is 8.38. The second kappa shape index (κ2) is 4.85. The van der Waals surface area contributed by atoms with Gasteiger partial charge in [-0.2, -0.15) is 0 Å². The molecule has 0 aliphatic rings. The number of fused-ring (bicyclic) bond motifs is 1. The van der Waals surface area contributed by atoms with Crippen LogP contribution in [-0.2, 0) is 6.42 Å². The van der Waals surface area contributed by atoms with E-state index in [4.69, 9.17) is 11.6 Å². The lowest BCUT2D eigenvalue weighted by Crippen LogP contribution is -2.24. The lowest BCUT2D eigenvalue weighted by Gasteiger charge is -2.25. The molecule has 0 radical (unpaired) electrons. The van der Waals surface area contributed by atoms with E-state index in [-0.39, 0.29) is 10.8 Å². The number of aromatic nitrogens is 2. The molecule has 96 valence electrons. The first-order valence-electron chi connectivity index (χ1n) is 6.24. The number of halogens is 1. The summed E-state index contributed by atoms with van der Waals surface area (Å²) in [6.07, 6.45) is 0.759. The molecule has 2 aromatic rings. The van der Waals surface area contributed by atoms with Gasteiger partial charge < -0.3 is 0 Å². The molecule has 3 heteroatoms. The number of hydrogen-bond acceptors (Lipinski definition) is 2. The van der Waals surface area contributed by atoms with Crippen molar-refractivity contribution in [3.8, 4) is 0 Å². The molecule has 0 saturated heterocycles. The van der Waals surface area contributed by atoms with E-state index in [2.05, 4.69) is 30.7 Å². The Morgan fingerprint density at radius 2 is 1.67 bits per heavy atom. The van der Waals surface area contributed by atoms with Gasteiger partial charge >= 0.3 is 0 Å². The molecule has 1 aromatic heterocycles. The van der Waals surface area contributed by atoms with Crippen LogP contribution in [0.1, 0.15) is 32.2 Å². The summed E-state index contributed by atoms with van der Waals surface area (Å²) in [5, 5.41) is 0.0617. The topological polar surface area (TPSA) is 25.8 Å². The van der Waals surface area contributed by atoms with E-state index in [1.165, 1.54) is 0 Å². The maximum absolute atomic E-state index is 6.45. The summed E-state index contributed by atoms with van der Waals surface area (Å²) in [4.78, 5) is 9.27. The van der Waals surface area contributed by atoms with Gasteiger partial charge in [-0.25, -0.2) is 9.97 Å². The number of aryl methyl sites for hydroxylation is 1. The third kappa shape index (κ3) is 2.81. The average Bonchev–Trinajstić information content (AvgIpc) is 2.28. The van der Waals surface area contributed by atoms with Crippen LogP contribution in [0.3, 0.4) is 0 Å². The molecule has 1 heterocycles. The molecule has 0 N–H and O–H groups in total. The van der Waals surface area contributed by atoms with Crippen molar-refractivity contribution >= 4 is 22.6 Å². The van der Waals surface area contributed by atoms with Crippen LogP contribution in [0.15, 0.2) is 24.3 Å². The highest BCUT2D eigenvalue weighted by Crippen LogP contribution is 2.28. The molecule has 2 rings (SSSR count). The van der Waals surface area contributed by atoms with Gasteiger partial charge in [0.2, 0.25) is 0 Å². The quantitative estimate of drug-likeness (QED) is 0.761. The molecular weight excluding hydrogens is 244 g/mol. The van der Waals surface area contributed by atoms with E-state index in [1.54, 1.807) is 0 Å². The number of rotatable bonds is 2. The number of alkyl halides is 1. The molecule has 2 nitrogen and oxygen atoms in total. The van der Waals surface area contributed by atoms with Gasteiger partial charge in [0.05, 0.1) is 22.4 Å². The van der Waals surface area contributed by atoms with E-state index in [0.29, 0.717) is 0 Å². The number of para-hydroxylation sites is 2. The Balaban J connectivity index is 2.36. The largest absolute Gasteiger partial charge is 0.250 e.